The molecule has 2 rings (SSSR count). The molecule has 0 radical (unpaired) electrons. The smallest absolute Gasteiger partial charge is 0.188 e. The van der Waals surface area contributed by atoms with Crippen molar-refractivity contribution in [2.45, 2.75) is 12.8 Å². The Hall–Kier alpha value is -0.910. The van der Waals surface area contributed by atoms with Crippen LogP contribution in [-0.4, -0.2) is 37.3 Å². The largest absolute Gasteiger partial charge is 0.465 e. The number of allylic oxidation sites excluding steroid dienone is 3. The van der Waals surface area contributed by atoms with E-state index in [0.29, 0.717) is 6.42 Å². The van der Waals surface area contributed by atoms with E-state index in [4.69, 9.17) is 14.6 Å². The molecule has 3 atom stereocenters. The van der Waals surface area contributed by atoms with Crippen LogP contribution in [0.4, 0.5) is 4.39 Å². The van der Waals surface area contributed by atoms with Crippen LogP contribution < -0.4 is 0 Å². The number of hydrogen-bond acceptors (Lipinski definition) is 4. The molecule has 0 bridgehead atoms. The molecular formula is C13H19FO4. The summed E-state index contributed by atoms with van der Waals surface area (Å²) < 4.78 is 23.6. The van der Waals surface area contributed by atoms with E-state index < -0.39 is 5.83 Å². The standard InChI is InChI=1S/C13H19FO4/c1-17-8-18-12-3-2-9(4-11(12)14)13(7-16)5-10(13)6-15/h3-4,9-10,15-16H,2,5-8H2,1H3/t9?,10-,13+/m0/s1. The minimum atomic E-state index is -0.417. The van der Waals surface area contributed by atoms with Gasteiger partial charge < -0.3 is 19.7 Å². The second-order valence-corrected chi connectivity index (χ2v) is 4.95. The van der Waals surface area contributed by atoms with E-state index in [-0.39, 0.29) is 43.0 Å². The first kappa shape index (κ1) is 13.5. The van der Waals surface area contributed by atoms with Crippen molar-refractivity contribution in [2.24, 2.45) is 17.3 Å². The number of aliphatic hydroxyl groups is 2. The molecule has 0 saturated heterocycles. The molecule has 4 nitrogen and oxygen atoms in total. The van der Waals surface area contributed by atoms with Crippen LogP contribution in [-0.2, 0) is 9.47 Å². The molecule has 0 aliphatic heterocycles. The Labute approximate surface area is 106 Å². The zero-order chi connectivity index (χ0) is 13.2. The summed E-state index contributed by atoms with van der Waals surface area (Å²) in [6, 6.07) is 0. The molecule has 0 aromatic rings. The van der Waals surface area contributed by atoms with Gasteiger partial charge in [0.05, 0.1) is 0 Å². The first-order chi connectivity index (χ1) is 8.67. The topological polar surface area (TPSA) is 58.9 Å². The molecule has 102 valence electrons. The van der Waals surface area contributed by atoms with Crippen molar-refractivity contribution in [3.05, 3.63) is 23.7 Å². The van der Waals surface area contributed by atoms with Gasteiger partial charge in [0.15, 0.2) is 18.4 Å². The van der Waals surface area contributed by atoms with E-state index in [1.165, 1.54) is 13.2 Å². The Bertz CT molecular complexity index is 366. The van der Waals surface area contributed by atoms with Gasteiger partial charge in [-0.25, -0.2) is 4.39 Å². The second kappa shape index (κ2) is 5.38. The van der Waals surface area contributed by atoms with Crippen molar-refractivity contribution in [1.29, 1.82) is 0 Å². The van der Waals surface area contributed by atoms with Crippen LogP contribution in [0.1, 0.15) is 12.8 Å². The fourth-order valence-electron chi connectivity index (χ4n) is 2.72. The number of halogens is 1. The van der Waals surface area contributed by atoms with Crippen molar-refractivity contribution in [1.82, 2.24) is 0 Å². The molecule has 1 saturated carbocycles. The molecule has 1 unspecified atom stereocenters. The fourth-order valence-corrected chi connectivity index (χ4v) is 2.72. The number of rotatable bonds is 6. The maximum absolute atomic E-state index is 13.8. The quantitative estimate of drug-likeness (QED) is 0.706. The van der Waals surface area contributed by atoms with Crippen molar-refractivity contribution in [2.75, 3.05) is 27.1 Å². The lowest BCUT2D eigenvalue weighted by Crippen LogP contribution is -2.24. The van der Waals surface area contributed by atoms with E-state index in [2.05, 4.69) is 0 Å². The third-order valence-corrected chi connectivity index (χ3v) is 4.00. The summed E-state index contributed by atoms with van der Waals surface area (Å²) in [6.45, 7) is 0.0419. The minimum Gasteiger partial charge on any atom is -0.465 e. The molecule has 18 heavy (non-hydrogen) atoms. The van der Waals surface area contributed by atoms with E-state index in [1.54, 1.807) is 6.08 Å². The third kappa shape index (κ3) is 2.30. The third-order valence-electron chi connectivity index (χ3n) is 4.00. The van der Waals surface area contributed by atoms with E-state index >= 15 is 0 Å². The van der Waals surface area contributed by atoms with E-state index in [0.717, 1.165) is 6.42 Å². The highest BCUT2D eigenvalue weighted by Crippen LogP contribution is 2.59. The summed E-state index contributed by atoms with van der Waals surface area (Å²) in [5.41, 5.74) is -0.352. The van der Waals surface area contributed by atoms with Gasteiger partial charge in [0.25, 0.3) is 0 Å². The summed E-state index contributed by atoms with van der Waals surface area (Å²) in [4.78, 5) is 0. The summed E-state index contributed by atoms with van der Waals surface area (Å²) in [6.07, 6.45) is 4.54. The van der Waals surface area contributed by atoms with Gasteiger partial charge in [-0.3, -0.25) is 0 Å². The van der Waals surface area contributed by atoms with Crippen molar-refractivity contribution in [3.8, 4) is 0 Å². The zero-order valence-electron chi connectivity index (χ0n) is 10.4. The minimum absolute atomic E-state index is 0.0160. The summed E-state index contributed by atoms with van der Waals surface area (Å²) in [7, 11) is 1.48. The average molecular weight is 258 g/mol. The van der Waals surface area contributed by atoms with Crippen LogP contribution in [0.2, 0.25) is 0 Å². The van der Waals surface area contributed by atoms with Crippen LogP contribution in [0.5, 0.6) is 0 Å². The first-order valence-electron chi connectivity index (χ1n) is 6.09. The van der Waals surface area contributed by atoms with Gasteiger partial charge in [-0.05, 0) is 36.8 Å². The Kier molecular flexibility index (Phi) is 4.04. The molecule has 5 heteroatoms. The van der Waals surface area contributed by atoms with E-state index in [1.807, 2.05) is 0 Å². The monoisotopic (exact) mass is 258 g/mol. The lowest BCUT2D eigenvalue weighted by atomic mass is 9.82. The van der Waals surface area contributed by atoms with Crippen molar-refractivity contribution in [3.63, 3.8) is 0 Å². The van der Waals surface area contributed by atoms with Crippen LogP contribution in [0, 0.1) is 17.3 Å². The summed E-state index contributed by atoms with van der Waals surface area (Å²) in [5.74, 6) is -0.219. The molecule has 0 spiro atoms. The number of aliphatic hydroxyl groups excluding tert-OH is 2. The highest BCUT2D eigenvalue weighted by Gasteiger charge is 2.57. The van der Waals surface area contributed by atoms with Gasteiger partial charge in [0, 0.05) is 25.7 Å². The van der Waals surface area contributed by atoms with Crippen LogP contribution in [0.3, 0.4) is 0 Å². The SMILES string of the molecule is COCOC1=CCC([C@]2(CO)C[C@H]2CO)C=C1F. The summed E-state index contributed by atoms with van der Waals surface area (Å²) in [5, 5.41) is 18.6. The van der Waals surface area contributed by atoms with Crippen LogP contribution in [0.25, 0.3) is 0 Å². The molecule has 0 amide bonds. The normalized spacial score (nSPS) is 34.9. The predicted molar refractivity (Wildman–Crippen MR) is 63.1 cm³/mol. The lowest BCUT2D eigenvalue weighted by Gasteiger charge is -2.26. The Morgan fingerprint density at radius 2 is 2.28 bits per heavy atom. The lowest BCUT2D eigenvalue weighted by molar-refractivity contribution is 0.00420. The molecule has 0 aromatic carbocycles. The predicted octanol–water partition coefficient (Wildman–Crippen LogP) is 1.35. The molecule has 2 aliphatic carbocycles. The van der Waals surface area contributed by atoms with Gasteiger partial charge >= 0.3 is 0 Å². The number of hydrogen-bond donors (Lipinski definition) is 2. The second-order valence-electron chi connectivity index (χ2n) is 4.95. The number of methoxy groups -OCH3 is 1. The van der Waals surface area contributed by atoms with Crippen molar-refractivity contribution >= 4 is 0 Å². The van der Waals surface area contributed by atoms with Crippen LogP contribution in [0.15, 0.2) is 23.7 Å². The number of ether oxygens (including phenoxy) is 2. The molecule has 1 fully saturated rings. The van der Waals surface area contributed by atoms with Gasteiger partial charge in [-0.2, -0.15) is 0 Å². The van der Waals surface area contributed by atoms with Gasteiger partial charge in [0.2, 0.25) is 0 Å². The average Bonchev–Trinajstić information content (AvgIpc) is 3.12. The molecule has 0 heterocycles. The highest BCUT2D eigenvalue weighted by atomic mass is 19.1. The Morgan fingerprint density at radius 1 is 1.50 bits per heavy atom. The maximum Gasteiger partial charge on any atom is 0.188 e. The van der Waals surface area contributed by atoms with Crippen molar-refractivity contribution < 1.29 is 24.1 Å². The zero-order valence-corrected chi connectivity index (χ0v) is 10.4. The van der Waals surface area contributed by atoms with Gasteiger partial charge in [-0.1, -0.05) is 0 Å². The molecule has 0 aromatic heterocycles. The maximum atomic E-state index is 13.8. The van der Waals surface area contributed by atoms with Gasteiger partial charge in [-0.15, -0.1) is 0 Å². The fraction of sp³-hybridized carbons (Fsp3) is 0.692. The van der Waals surface area contributed by atoms with E-state index in [9.17, 15) is 9.50 Å². The molecule has 2 N–H and O–H groups in total. The Morgan fingerprint density at radius 3 is 2.78 bits per heavy atom. The first-order valence-corrected chi connectivity index (χ1v) is 6.09. The Balaban J connectivity index is 2.02. The molecule has 2 aliphatic rings. The molecular weight excluding hydrogens is 239 g/mol. The highest BCUT2D eigenvalue weighted by molar-refractivity contribution is 5.28. The summed E-state index contributed by atoms with van der Waals surface area (Å²) >= 11 is 0. The van der Waals surface area contributed by atoms with Crippen LogP contribution >= 0.6 is 0 Å². The van der Waals surface area contributed by atoms with Gasteiger partial charge in [0.1, 0.15) is 0 Å².